The number of amides is 1. The summed E-state index contributed by atoms with van der Waals surface area (Å²) < 4.78 is 24.7. The molecule has 3 rings (SSSR count). The Morgan fingerprint density at radius 3 is 2.40 bits per heavy atom. The number of fused-ring (bicyclic) bond motifs is 1. The number of benzene rings is 3. The number of phenols is 1. The lowest BCUT2D eigenvalue weighted by Gasteiger charge is -2.22. The van der Waals surface area contributed by atoms with Crippen LogP contribution in [0.15, 0.2) is 66.7 Å². The fourth-order valence-corrected chi connectivity index (χ4v) is 4.87. The third-order valence-electron chi connectivity index (χ3n) is 5.08. The van der Waals surface area contributed by atoms with Crippen LogP contribution < -0.4 is 5.32 Å². The first-order chi connectivity index (χ1) is 14.4. The van der Waals surface area contributed by atoms with E-state index in [0.29, 0.717) is 12.0 Å². The molecule has 0 heterocycles. The first-order valence-corrected chi connectivity index (χ1v) is 12.0. The minimum Gasteiger partial charge on any atom is -0.508 e. The van der Waals surface area contributed by atoms with E-state index in [0.717, 1.165) is 29.2 Å². The molecule has 2 N–H and O–H groups in total. The number of sulfone groups is 1. The first kappa shape index (κ1) is 21.8. The van der Waals surface area contributed by atoms with Crippen LogP contribution in [0.1, 0.15) is 43.4 Å². The van der Waals surface area contributed by atoms with E-state index < -0.39 is 27.5 Å². The van der Waals surface area contributed by atoms with Gasteiger partial charge in [-0.15, -0.1) is 0 Å². The normalized spacial score (nSPS) is 12.6. The minimum absolute atomic E-state index is 0.00375. The van der Waals surface area contributed by atoms with E-state index in [4.69, 9.17) is 0 Å². The number of carbonyl (C=O) groups is 1. The van der Waals surface area contributed by atoms with Crippen LogP contribution >= 0.6 is 0 Å². The molecule has 6 heteroatoms. The van der Waals surface area contributed by atoms with Gasteiger partial charge in [0.05, 0.1) is 11.8 Å². The van der Waals surface area contributed by atoms with Crippen molar-refractivity contribution in [3.63, 3.8) is 0 Å². The van der Waals surface area contributed by atoms with Gasteiger partial charge in [-0.1, -0.05) is 80.4 Å². The molecule has 0 radical (unpaired) electrons. The average molecular weight is 426 g/mol. The van der Waals surface area contributed by atoms with E-state index in [1.165, 1.54) is 0 Å². The summed E-state index contributed by atoms with van der Waals surface area (Å²) in [5.41, 5.74) is 1.32. The predicted octanol–water partition coefficient (Wildman–Crippen LogP) is 4.36. The van der Waals surface area contributed by atoms with E-state index in [-0.39, 0.29) is 11.5 Å². The maximum absolute atomic E-state index is 12.7. The summed E-state index contributed by atoms with van der Waals surface area (Å²) in [7, 11) is -3.49. The maximum atomic E-state index is 12.7. The standard InChI is InChI=1S/C24H27NO4S/c1-2-3-9-16-30(28,29)17-22(27)25-24(19-11-5-4-6-12-19)23-20-13-8-7-10-18(20)14-15-21(23)26/h4-8,10-15,24,26H,2-3,9,16-17H2,1H3,(H,25,27). The third kappa shape index (κ3) is 5.39. The lowest BCUT2D eigenvalue weighted by molar-refractivity contribution is -0.119. The van der Waals surface area contributed by atoms with Crippen molar-refractivity contribution in [3.05, 3.63) is 77.9 Å². The Labute approximate surface area is 177 Å². The topological polar surface area (TPSA) is 83.5 Å². The van der Waals surface area contributed by atoms with Gasteiger partial charge in [0.1, 0.15) is 11.5 Å². The molecule has 0 aliphatic rings. The van der Waals surface area contributed by atoms with Gasteiger partial charge in [0.15, 0.2) is 9.84 Å². The predicted molar refractivity (Wildman–Crippen MR) is 120 cm³/mol. The molecule has 0 bridgehead atoms. The van der Waals surface area contributed by atoms with E-state index in [1.807, 2.05) is 67.6 Å². The Hall–Kier alpha value is -2.86. The number of hydrogen-bond acceptors (Lipinski definition) is 4. The van der Waals surface area contributed by atoms with E-state index in [1.54, 1.807) is 6.07 Å². The van der Waals surface area contributed by atoms with Crippen LogP contribution in [-0.4, -0.2) is 30.9 Å². The van der Waals surface area contributed by atoms with Gasteiger partial charge in [-0.25, -0.2) is 8.42 Å². The number of rotatable bonds is 9. The van der Waals surface area contributed by atoms with Crippen LogP contribution in [0.4, 0.5) is 0 Å². The Bertz CT molecular complexity index is 1110. The summed E-state index contributed by atoms with van der Waals surface area (Å²) in [6.45, 7) is 2.00. The van der Waals surface area contributed by atoms with Gasteiger partial charge >= 0.3 is 0 Å². The molecule has 0 aliphatic carbocycles. The second-order valence-electron chi connectivity index (χ2n) is 7.43. The number of hydrogen-bond donors (Lipinski definition) is 2. The highest BCUT2D eigenvalue weighted by Gasteiger charge is 2.25. The highest BCUT2D eigenvalue weighted by molar-refractivity contribution is 7.92. The molecule has 1 amide bonds. The smallest absolute Gasteiger partial charge is 0.235 e. The molecule has 0 saturated heterocycles. The average Bonchev–Trinajstić information content (AvgIpc) is 2.73. The van der Waals surface area contributed by atoms with Crippen molar-refractivity contribution in [3.8, 4) is 5.75 Å². The molecule has 3 aromatic carbocycles. The maximum Gasteiger partial charge on any atom is 0.235 e. The molecule has 0 aromatic heterocycles. The van der Waals surface area contributed by atoms with Crippen LogP contribution in [0.25, 0.3) is 10.8 Å². The summed E-state index contributed by atoms with van der Waals surface area (Å²) >= 11 is 0. The minimum atomic E-state index is -3.49. The molecule has 0 fully saturated rings. The second-order valence-corrected chi connectivity index (χ2v) is 9.61. The molecule has 0 saturated carbocycles. The summed E-state index contributed by atoms with van der Waals surface area (Å²) in [6.07, 6.45) is 2.29. The first-order valence-electron chi connectivity index (χ1n) is 10.2. The van der Waals surface area contributed by atoms with Crippen LogP contribution in [-0.2, 0) is 14.6 Å². The van der Waals surface area contributed by atoms with Crippen molar-refractivity contribution in [1.29, 1.82) is 0 Å². The third-order valence-corrected chi connectivity index (χ3v) is 6.70. The van der Waals surface area contributed by atoms with Crippen molar-refractivity contribution in [2.75, 3.05) is 11.5 Å². The summed E-state index contributed by atoms with van der Waals surface area (Å²) in [6, 6.07) is 19.6. The number of carbonyl (C=O) groups excluding carboxylic acids is 1. The number of nitrogens with one attached hydrogen (secondary N) is 1. The van der Waals surface area contributed by atoms with Crippen LogP contribution in [0.2, 0.25) is 0 Å². The number of aromatic hydroxyl groups is 1. The summed E-state index contributed by atoms with van der Waals surface area (Å²) in [4.78, 5) is 12.7. The molecule has 5 nitrogen and oxygen atoms in total. The zero-order chi connectivity index (χ0) is 21.6. The lowest BCUT2D eigenvalue weighted by Crippen LogP contribution is -2.35. The molecule has 0 spiro atoms. The van der Waals surface area contributed by atoms with Gasteiger partial charge in [-0.3, -0.25) is 4.79 Å². The van der Waals surface area contributed by atoms with Crippen molar-refractivity contribution < 1.29 is 18.3 Å². The second kappa shape index (κ2) is 9.76. The molecular weight excluding hydrogens is 398 g/mol. The zero-order valence-corrected chi connectivity index (χ0v) is 17.9. The molecule has 0 aliphatic heterocycles. The molecule has 1 unspecified atom stereocenters. The van der Waals surface area contributed by atoms with Crippen molar-refractivity contribution in [1.82, 2.24) is 5.32 Å². The van der Waals surface area contributed by atoms with Gasteiger partial charge in [0.25, 0.3) is 0 Å². The zero-order valence-electron chi connectivity index (χ0n) is 17.0. The van der Waals surface area contributed by atoms with Crippen LogP contribution in [0.5, 0.6) is 5.75 Å². The Balaban J connectivity index is 1.94. The number of phenolic OH excluding ortho intramolecular Hbond substituents is 1. The van der Waals surface area contributed by atoms with Gasteiger partial charge in [0, 0.05) is 5.56 Å². The van der Waals surface area contributed by atoms with Crippen LogP contribution in [0.3, 0.4) is 0 Å². The van der Waals surface area contributed by atoms with Gasteiger partial charge in [-0.05, 0) is 28.8 Å². The fourth-order valence-electron chi connectivity index (χ4n) is 3.60. The Kier molecular flexibility index (Phi) is 7.11. The largest absolute Gasteiger partial charge is 0.508 e. The lowest BCUT2D eigenvalue weighted by atomic mass is 9.92. The number of unbranched alkanes of at least 4 members (excludes halogenated alkanes) is 2. The Morgan fingerprint density at radius 1 is 0.967 bits per heavy atom. The van der Waals surface area contributed by atoms with Crippen molar-refractivity contribution in [2.24, 2.45) is 0 Å². The van der Waals surface area contributed by atoms with Gasteiger partial charge < -0.3 is 10.4 Å². The van der Waals surface area contributed by atoms with E-state index in [9.17, 15) is 18.3 Å². The van der Waals surface area contributed by atoms with Crippen molar-refractivity contribution >= 4 is 26.5 Å². The highest BCUT2D eigenvalue weighted by Crippen LogP contribution is 2.35. The summed E-state index contributed by atoms with van der Waals surface area (Å²) in [5.74, 6) is -1.09. The highest BCUT2D eigenvalue weighted by atomic mass is 32.2. The Morgan fingerprint density at radius 2 is 1.67 bits per heavy atom. The quantitative estimate of drug-likeness (QED) is 0.499. The molecule has 1 atom stereocenters. The molecule has 30 heavy (non-hydrogen) atoms. The van der Waals surface area contributed by atoms with Crippen LogP contribution in [0, 0.1) is 0 Å². The molecule has 3 aromatic rings. The SMILES string of the molecule is CCCCCS(=O)(=O)CC(=O)NC(c1ccccc1)c1c(O)ccc2ccccc12. The fraction of sp³-hybridized carbons (Fsp3) is 0.292. The van der Waals surface area contributed by atoms with Gasteiger partial charge in [0.2, 0.25) is 5.91 Å². The van der Waals surface area contributed by atoms with E-state index >= 15 is 0 Å². The van der Waals surface area contributed by atoms with Gasteiger partial charge in [-0.2, -0.15) is 0 Å². The van der Waals surface area contributed by atoms with Crippen molar-refractivity contribution in [2.45, 2.75) is 32.2 Å². The molecular formula is C24H27NO4S. The monoisotopic (exact) mass is 425 g/mol. The summed E-state index contributed by atoms with van der Waals surface area (Å²) in [5, 5.41) is 15.2. The molecule has 158 valence electrons. The van der Waals surface area contributed by atoms with E-state index in [2.05, 4.69) is 5.32 Å².